The Balaban J connectivity index is 3.67. The van der Waals surface area contributed by atoms with Gasteiger partial charge >= 0.3 is 6.18 Å². The minimum Gasteiger partial charge on any atom is -0.294 e. The first-order chi connectivity index (χ1) is 8.18. The van der Waals surface area contributed by atoms with Gasteiger partial charge in [-0.25, -0.2) is 8.78 Å². The van der Waals surface area contributed by atoms with Crippen LogP contribution >= 0.6 is 0 Å². The van der Waals surface area contributed by atoms with Crippen LogP contribution in [0.25, 0.3) is 0 Å². The SMILES string of the molecule is CCc1cc(C(C)=O)c(C(F)(F)F)c(C(F)F)c1. The van der Waals surface area contributed by atoms with Crippen molar-refractivity contribution in [1.82, 2.24) is 0 Å². The molecule has 0 amide bonds. The topological polar surface area (TPSA) is 17.1 Å². The summed E-state index contributed by atoms with van der Waals surface area (Å²) in [5, 5.41) is 0. The molecule has 0 spiro atoms. The molecular weight excluding hydrogens is 255 g/mol. The van der Waals surface area contributed by atoms with Crippen molar-refractivity contribution in [3.05, 3.63) is 34.4 Å². The fourth-order valence-corrected chi connectivity index (χ4v) is 1.70. The standard InChI is InChI=1S/C12H11F5O/c1-3-7-4-8(6(2)18)10(12(15,16)17)9(5-7)11(13)14/h4-5,11H,3H2,1-2H3. The number of hydrogen-bond donors (Lipinski definition) is 0. The molecule has 0 aromatic heterocycles. The fraction of sp³-hybridized carbons (Fsp3) is 0.417. The van der Waals surface area contributed by atoms with Gasteiger partial charge in [-0.1, -0.05) is 6.92 Å². The first-order valence-electron chi connectivity index (χ1n) is 5.21. The second kappa shape index (κ2) is 5.04. The van der Waals surface area contributed by atoms with Crippen LogP contribution in [-0.2, 0) is 12.6 Å². The predicted molar refractivity (Wildman–Crippen MR) is 55.8 cm³/mol. The molecule has 0 saturated carbocycles. The zero-order chi connectivity index (χ0) is 14.1. The van der Waals surface area contributed by atoms with Crippen molar-refractivity contribution in [2.24, 2.45) is 0 Å². The lowest BCUT2D eigenvalue weighted by Gasteiger charge is -2.17. The van der Waals surface area contributed by atoms with Gasteiger partial charge < -0.3 is 0 Å². The highest BCUT2D eigenvalue weighted by Gasteiger charge is 2.39. The van der Waals surface area contributed by atoms with Crippen LogP contribution in [0.3, 0.4) is 0 Å². The van der Waals surface area contributed by atoms with Gasteiger partial charge in [0.05, 0.1) is 5.56 Å². The molecule has 0 unspecified atom stereocenters. The monoisotopic (exact) mass is 266 g/mol. The third kappa shape index (κ3) is 2.86. The molecule has 0 aliphatic carbocycles. The van der Waals surface area contributed by atoms with Crippen molar-refractivity contribution in [1.29, 1.82) is 0 Å². The van der Waals surface area contributed by atoms with Crippen LogP contribution in [-0.4, -0.2) is 5.78 Å². The molecule has 0 radical (unpaired) electrons. The molecule has 1 aromatic carbocycles. The van der Waals surface area contributed by atoms with Crippen molar-refractivity contribution in [3.63, 3.8) is 0 Å². The van der Waals surface area contributed by atoms with E-state index < -0.39 is 35.1 Å². The summed E-state index contributed by atoms with van der Waals surface area (Å²) in [4.78, 5) is 11.2. The Morgan fingerprint density at radius 1 is 1.28 bits per heavy atom. The number of hydrogen-bond acceptors (Lipinski definition) is 1. The number of aryl methyl sites for hydroxylation is 1. The van der Waals surface area contributed by atoms with Crippen LogP contribution in [0.15, 0.2) is 12.1 Å². The summed E-state index contributed by atoms with van der Waals surface area (Å²) in [7, 11) is 0. The molecular formula is C12H11F5O. The van der Waals surface area contributed by atoms with E-state index in [4.69, 9.17) is 0 Å². The van der Waals surface area contributed by atoms with E-state index in [0.29, 0.717) is 0 Å². The van der Waals surface area contributed by atoms with Gasteiger partial charge in [0.1, 0.15) is 0 Å². The van der Waals surface area contributed by atoms with Crippen LogP contribution in [0.4, 0.5) is 22.0 Å². The third-order valence-corrected chi connectivity index (χ3v) is 2.53. The average Bonchev–Trinajstić information content (AvgIpc) is 2.25. The molecule has 0 aliphatic heterocycles. The van der Waals surface area contributed by atoms with Gasteiger partial charge in [0.2, 0.25) is 0 Å². The molecule has 100 valence electrons. The van der Waals surface area contributed by atoms with Crippen molar-refractivity contribution in [2.45, 2.75) is 32.9 Å². The lowest BCUT2D eigenvalue weighted by molar-refractivity contribution is -0.139. The number of benzene rings is 1. The first kappa shape index (κ1) is 14.6. The van der Waals surface area contributed by atoms with Crippen LogP contribution < -0.4 is 0 Å². The number of rotatable bonds is 3. The van der Waals surface area contributed by atoms with Gasteiger partial charge in [-0.15, -0.1) is 0 Å². The summed E-state index contributed by atoms with van der Waals surface area (Å²) < 4.78 is 63.8. The average molecular weight is 266 g/mol. The highest BCUT2D eigenvalue weighted by atomic mass is 19.4. The molecule has 6 heteroatoms. The zero-order valence-corrected chi connectivity index (χ0v) is 9.74. The van der Waals surface area contributed by atoms with E-state index >= 15 is 0 Å². The molecule has 0 bridgehead atoms. The quantitative estimate of drug-likeness (QED) is 0.585. The maximum Gasteiger partial charge on any atom is 0.417 e. The van der Waals surface area contributed by atoms with Gasteiger partial charge in [-0.3, -0.25) is 4.79 Å². The Labute approximate surface area is 101 Å². The number of halogens is 5. The van der Waals surface area contributed by atoms with Gasteiger partial charge in [0.25, 0.3) is 6.43 Å². The number of ketones is 1. The van der Waals surface area contributed by atoms with Gasteiger partial charge in [-0.05, 0) is 31.0 Å². The lowest BCUT2D eigenvalue weighted by atomic mass is 9.94. The van der Waals surface area contributed by atoms with E-state index in [-0.39, 0.29) is 12.0 Å². The van der Waals surface area contributed by atoms with E-state index in [0.717, 1.165) is 19.1 Å². The van der Waals surface area contributed by atoms with Crippen LogP contribution in [0.1, 0.15) is 47.3 Å². The molecule has 0 atom stereocenters. The van der Waals surface area contributed by atoms with Crippen LogP contribution in [0.5, 0.6) is 0 Å². The van der Waals surface area contributed by atoms with Crippen molar-refractivity contribution in [2.75, 3.05) is 0 Å². The number of carbonyl (C=O) groups is 1. The summed E-state index contributed by atoms with van der Waals surface area (Å²) in [5.74, 6) is -0.875. The van der Waals surface area contributed by atoms with E-state index in [9.17, 15) is 26.7 Å². The lowest BCUT2D eigenvalue weighted by Crippen LogP contribution is -2.16. The number of carbonyl (C=O) groups excluding carboxylic acids is 1. The Bertz CT molecular complexity index is 462. The maximum absolute atomic E-state index is 12.8. The van der Waals surface area contributed by atoms with Crippen molar-refractivity contribution >= 4 is 5.78 Å². The summed E-state index contributed by atoms with van der Waals surface area (Å²) in [6.07, 6.45) is -7.97. The molecule has 1 aromatic rings. The van der Waals surface area contributed by atoms with E-state index in [1.807, 2.05) is 0 Å². The Morgan fingerprint density at radius 3 is 2.17 bits per heavy atom. The van der Waals surface area contributed by atoms with Gasteiger partial charge in [0, 0.05) is 11.1 Å². The van der Waals surface area contributed by atoms with Gasteiger partial charge in [-0.2, -0.15) is 13.2 Å². The first-order valence-corrected chi connectivity index (χ1v) is 5.21. The molecule has 0 aliphatic rings. The highest BCUT2D eigenvalue weighted by molar-refractivity contribution is 5.96. The predicted octanol–water partition coefficient (Wildman–Crippen LogP) is 4.41. The Morgan fingerprint density at radius 2 is 1.83 bits per heavy atom. The molecule has 18 heavy (non-hydrogen) atoms. The van der Waals surface area contributed by atoms with E-state index in [1.165, 1.54) is 0 Å². The van der Waals surface area contributed by atoms with E-state index in [1.54, 1.807) is 6.92 Å². The van der Waals surface area contributed by atoms with Crippen LogP contribution in [0, 0.1) is 0 Å². The zero-order valence-electron chi connectivity index (χ0n) is 9.74. The molecule has 0 fully saturated rings. The summed E-state index contributed by atoms with van der Waals surface area (Å²) in [5.41, 5.74) is -3.07. The summed E-state index contributed by atoms with van der Waals surface area (Å²) in [6.45, 7) is 2.54. The second-order valence-corrected chi connectivity index (χ2v) is 3.82. The minimum absolute atomic E-state index is 0.276. The normalized spacial score (nSPS) is 12.0. The number of Topliss-reactive ketones (excluding diaryl/α,β-unsaturated/α-hetero) is 1. The smallest absolute Gasteiger partial charge is 0.294 e. The largest absolute Gasteiger partial charge is 0.417 e. The van der Waals surface area contributed by atoms with Crippen molar-refractivity contribution < 1.29 is 26.7 Å². The summed E-state index contributed by atoms with van der Waals surface area (Å²) in [6, 6.07) is 1.83. The minimum atomic E-state index is -4.97. The summed E-state index contributed by atoms with van der Waals surface area (Å²) >= 11 is 0. The molecule has 0 N–H and O–H groups in total. The molecule has 1 rings (SSSR count). The van der Waals surface area contributed by atoms with Crippen LogP contribution in [0.2, 0.25) is 0 Å². The Hall–Kier alpha value is -1.46. The Kier molecular flexibility index (Phi) is 4.09. The molecule has 1 nitrogen and oxygen atoms in total. The number of alkyl halides is 5. The molecule has 0 saturated heterocycles. The maximum atomic E-state index is 12.8. The van der Waals surface area contributed by atoms with E-state index in [2.05, 4.69) is 0 Å². The fourth-order valence-electron chi connectivity index (χ4n) is 1.70. The van der Waals surface area contributed by atoms with Gasteiger partial charge in [0.15, 0.2) is 5.78 Å². The second-order valence-electron chi connectivity index (χ2n) is 3.82. The van der Waals surface area contributed by atoms with Crippen molar-refractivity contribution in [3.8, 4) is 0 Å². The highest BCUT2D eigenvalue weighted by Crippen LogP contribution is 2.39. The third-order valence-electron chi connectivity index (χ3n) is 2.53. The molecule has 0 heterocycles.